The summed E-state index contributed by atoms with van der Waals surface area (Å²) in [5.41, 5.74) is 12.5. The van der Waals surface area contributed by atoms with Gasteiger partial charge in [0.2, 0.25) is 0 Å². The molecule has 76 valence electrons. The van der Waals surface area contributed by atoms with Crippen molar-refractivity contribution in [2.24, 2.45) is 5.73 Å². The van der Waals surface area contributed by atoms with Crippen molar-refractivity contribution < 1.29 is 4.39 Å². The second kappa shape index (κ2) is 3.82. The molecule has 4 N–H and O–H groups in total. The third-order valence-electron chi connectivity index (χ3n) is 2.39. The molecule has 0 amide bonds. The van der Waals surface area contributed by atoms with E-state index < -0.39 is 0 Å². The third-order valence-corrected chi connectivity index (χ3v) is 2.71. The molecule has 0 radical (unpaired) electrons. The van der Waals surface area contributed by atoms with E-state index in [1.807, 2.05) is 0 Å². The van der Waals surface area contributed by atoms with Crippen LogP contribution in [0.25, 0.3) is 0 Å². The van der Waals surface area contributed by atoms with Gasteiger partial charge in [-0.2, -0.15) is 0 Å². The van der Waals surface area contributed by atoms with Crippen molar-refractivity contribution in [3.8, 4) is 0 Å². The second-order valence-corrected chi connectivity index (χ2v) is 3.73. The summed E-state index contributed by atoms with van der Waals surface area (Å²) in [6.45, 7) is 0.701. The van der Waals surface area contributed by atoms with Crippen LogP contribution in [0, 0.1) is 5.82 Å². The summed E-state index contributed by atoms with van der Waals surface area (Å²) in [6, 6.07) is 4.38. The van der Waals surface area contributed by atoms with Crippen molar-refractivity contribution in [2.75, 3.05) is 6.54 Å². The zero-order chi connectivity index (χ0) is 10.1. The predicted octanol–water partition coefficient (Wildman–Crippen LogP) is 0.955. The van der Waals surface area contributed by atoms with Crippen LogP contribution >= 0.6 is 11.6 Å². The summed E-state index contributed by atoms with van der Waals surface area (Å²) in [5.74, 6) is -0.241. The zero-order valence-electron chi connectivity index (χ0n) is 7.43. The molecule has 1 saturated heterocycles. The molecular formula is C9H11ClFN3. The second-order valence-electron chi connectivity index (χ2n) is 3.32. The van der Waals surface area contributed by atoms with Crippen molar-refractivity contribution in [2.45, 2.75) is 12.1 Å². The number of nitrogens with one attached hydrogen (secondary N) is 2. The smallest absolute Gasteiger partial charge is 0.124 e. The number of rotatable bonds is 1. The number of hydrazine groups is 1. The largest absolute Gasteiger partial charge is 0.314 e. The summed E-state index contributed by atoms with van der Waals surface area (Å²) in [7, 11) is 0. The Morgan fingerprint density at radius 1 is 1.50 bits per heavy atom. The molecule has 2 unspecified atom stereocenters. The lowest BCUT2D eigenvalue weighted by Crippen LogP contribution is -2.38. The summed E-state index contributed by atoms with van der Waals surface area (Å²) in [5, 5.41) is 0.427. The fourth-order valence-electron chi connectivity index (χ4n) is 1.62. The average molecular weight is 216 g/mol. The van der Waals surface area contributed by atoms with E-state index in [0.29, 0.717) is 11.6 Å². The van der Waals surface area contributed by atoms with Crippen LogP contribution in [-0.4, -0.2) is 12.7 Å². The number of benzene rings is 1. The SMILES string of the molecule is NC1NNCC1c1ccc(F)cc1Cl. The van der Waals surface area contributed by atoms with E-state index in [1.165, 1.54) is 12.1 Å². The maximum Gasteiger partial charge on any atom is 0.124 e. The van der Waals surface area contributed by atoms with E-state index in [4.69, 9.17) is 17.3 Å². The summed E-state index contributed by atoms with van der Waals surface area (Å²) in [6.07, 6.45) is -0.182. The predicted molar refractivity (Wildman–Crippen MR) is 53.3 cm³/mol. The molecule has 1 fully saturated rings. The van der Waals surface area contributed by atoms with Gasteiger partial charge in [0.05, 0.1) is 6.17 Å². The third kappa shape index (κ3) is 1.74. The number of hydrogen-bond donors (Lipinski definition) is 3. The molecule has 2 rings (SSSR count). The van der Waals surface area contributed by atoms with Crippen LogP contribution in [0.3, 0.4) is 0 Å². The fourth-order valence-corrected chi connectivity index (χ4v) is 1.93. The normalized spacial score (nSPS) is 26.8. The molecule has 1 aliphatic heterocycles. The van der Waals surface area contributed by atoms with Crippen molar-refractivity contribution >= 4 is 11.6 Å². The molecule has 1 heterocycles. The van der Waals surface area contributed by atoms with Crippen molar-refractivity contribution in [3.05, 3.63) is 34.6 Å². The Balaban J connectivity index is 2.31. The van der Waals surface area contributed by atoms with Gasteiger partial charge in [-0.1, -0.05) is 17.7 Å². The van der Waals surface area contributed by atoms with Crippen molar-refractivity contribution in [1.82, 2.24) is 10.9 Å². The molecule has 1 aliphatic rings. The van der Waals surface area contributed by atoms with Gasteiger partial charge in [-0.15, -0.1) is 0 Å². The first kappa shape index (κ1) is 9.86. The van der Waals surface area contributed by atoms with Gasteiger partial charge in [-0.3, -0.25) is 5.43 Å². The molecule has 0 saturated carbocycles. The molecule has 1 aromatic rings. The van der Waals surface area contributed by atoms with E-state index in [-0.39, 0.29) is 17.9 Å². The number of hydrogen-bond acceptors (Lipinski definition) is 3. The quantitative estimate of drug-likeness (QED) is 0.654. The highest BCUT2D eigenvalue weighted by atomic mass is 35.5. The molecule has 0 spiro atoms. The lowest BCUT2D eigenvalue weighted by atomic mass is 9.98. The van der Waals surface area contributed by atoms with Crippen LogP contribution in [0.1, 0.15) is 11.5 Å². The Morgan fingerprint density at radius 2 is 2.29 bits per heavy atom. The van der Waals surface area contributed by atoms with Crippen LogP contribution in [-0.2, 0) is 0 Å². The molecule has 0 bridgehead atoms. The van der Waals surface area contributed by atoms with Gasteiger partial charge >= 0.3 is 0 Å². The highest BCUT2D eigenvalue weighted by Crippen LogP contribution is 2.27. The van der Waals surface area contributed by atoms with Gasteiger partial charge < -0.3 is 5.73 Å². The Labute approximate surface area is 86.4 Å². The topological polar surface area (TPSA) is 50.1 Å². The molecular weight excluding hydrogens is 205 g/mol. The van der Waals surface area contributed by atoms with Gasteiger partial charge in [0, 0.05) is 17.5 Å². The Kier molecular flexibility index (Phi) is 2.69. The molecule has 1 aromatic carbocycles. The Hall–Kier alpha value is -0.680. The first-order valence-corrected chi connectivity index (χ1v) is 4.75. The Bertz CT molecular complexity index is 345. The van der Waals surface area contributed by atoms with Crippen molar-refractivity contribution in [1.29, 1.82) is 0 Å². The highest BCUT2D eigenvalue weighted by Gasteiger charge is 2.26. The van der Waals surface area contributed by atoms with Gasteiger partial charge in [0.25, 0.3) is 0 Å². The van der Waals surface area contributed by atoms with Crippen LogP contribution in [0.5, 0.6) is 0 Å². The van der Waals surface area contributed by atoms with Crippen LogP contribution in [0.2, 0.25) is 5.02 Å². The molecule has 14 heavy (non-hydrogen) atoms. The fraction of sp³-hybridized carbons (Fsp3) is 0.333. The van der Waals surface area contributed by atoms with E-state index in [1.54, 1.807) is 6.07 Å². The minimum Gasteiger partial charge on any atom is -0.314 e. The van der Waals surface area contributed by atoms with Crippen LogP contribution in [0.4, 0.5) is 4.39 Å². The number of halogens is 2. The highest BCUT2D eigenvalue weighted by molar-refractivity contribution is 6.31. The van der Waals surface area contributed by atoms with E-state index in [0.717, 1.165) is 5.56 Å². The van der Waals surface area contributed by atoms with Gasteiger partial charge in [0.15, 0.2) is 0 Å². The van der Waals surface area contributed by atoms with E-state index in [2.05, 4.69) is 10.9 Å². The first-order chi connectivity index (χ1) is 6.68. The average Bonchev–Trinajstić information content (AvgIpc) is 2.52. The zero-order valence-corrected chi connectivity index (χ0v) is 8.18. The van der Waals surface area contributed by atoms with E-state index >= 15 is 0 Å². The first-order valence-electron chi connectivity index (χ1n) is 4.37. The molecule has 0 aliphatic carbocycles. The molecule has 2 atom stereocenters. The number of nitrogens with two attached hydrogens (primary N) is 1. The summed E-state index contributed by atoms with van der Waals surface area (Å²) in [4.78, 5) is 0. The van der Waals surface area contributed by atoms with Crippen LogP contribution < -0.4 is 16.6 Å². The monoisotopic (exact) mass is 215 g/mol. The molecule has 3 nitrogen and oxygen atoms in total. The van der Waals surface area contributed by atoms with Gasteiger partial charge in [-0.25, -0.2) is 9.82 Å². The van der Waals surface area contributed by atoms with Crippen molar-refractivity contribution in [3.63, 3.8) is 0 Å². The maximum absolute atomic E-state index is 12.8. The lowest BCUT2D eigenvalue weighted by molar-refractivity contribution is 0.546. The lowest BCUT2D eigenvalue weighted by Gasteiger charge is -2.15. The van der Waals surface area contributed by atoms with Crippen LogP contribution in [0.15, 0.2) is 18.2 Å². The summed E-state index contributed by atoms with van der Waals surface area (Å²) < 4.78 is 12.8. The van der Waals surface area contributed by atoms with Gasteiger partial charge in [0.1, 0.15) is 5.82 Å². The van der Waals surface area contributed by atoms with E-state index in [9.17, 15) is 4.39 Å². The standard InChI is InChI=1S/C9H11ClFN3/c10-8-3-5(11)1-2-6(8)7-4-13-14-9(7)12/h1-3,7,9,13-14H,4,12H2. The molecule has 5 heteroatoms. The minimum atomic E-state index is -0.328. The minimum absolute atomic E-state index is 0.0862. The molecule has 0 aromatic heterocycles. The Morgan fingerprint density at radius 3 is 2.86 bits per heavy atom. The maximum atomic E-state index is 12.8. The summed E-state index contributed by atoms with van der Waals surface area (Å²) >= 11 is 5.92. The van der Waals surface area contributed by atoms with Gasteiger partial charge in [-0.05, 0) is 17.7 Å².